The number of hydrogen-bond acceptors (Lipinski definition) is 4. The highest BCUT2D eigenvalue weighted by Crippen LogP contribution is 2.39. The van der Waals surface area contributed by atoms with Crippen LogP contribution in [0.25, 0.3) is 0 Å². The van der Waals surface area contributed by atoms with E-state index in [1.54, 1.807) is 0 Å². The lowest BCUT2D eigenvalue weighted by atomic mass is 9.81. The third kappa shape index (κ3) is 7.22. The van der Waals surface area contributed by atoms with Gasteiger partial charge in [0.05, 0.1) is 18.8 Å². The number of carboxylic acid groups (broad SMARTS) is 1. The average Bonchev–Trinajstić information content (AvgIpc) is 3.00. The van der Waals surface area contributed by atoms with Crippen molar-refractivity contribution in [2.24, 2.45) is 11.8 Å². The molecule has 2 N–H and O–H groups in total. The summed E-state index contributed by atoms with van der Waals surface area (Å²) in [5, 5.41) is 18.8. The summed E-state index contributed by atoms with van der Waals surface area (Å²) in [6.45, 7) is 2.90. The van der Waals surface area contributed by atoms with Crippen molar-refractivity contribution >= 4 is 5.97 Å². The maximum atomic E-state index is 10.5. The largest absolute Gasteiger partial charge is 0.481 e. The third-order valence-electron chi connectivity index (χ3n) is 5.29. The molecule has 0 amide bonds. The van der Waals surface area contributed by atoms with Crippen molar-refractivity contribution in [2.75, 3.05) is 6.61 Å². The quantitative estimate of drug-likeness (QED) is 0.402. The topological polar surface area (TPSA) is 76.0 Å². The summed E-state index contributed by atoms with van der Waals surface area (Å²) in [4.78, 5) is 10.5. The summed E-state index contributed by atoms with van der Waals surface area (Å²) >= 11 is 0. The van der Waals surface area contributed by atoms with Crippen LogP contribution in [0, 0.1) is 11.8 Å². The zero-order valence-electron chi connectivity index (χ0n) is 15.9. The van der Waals surface area contributed by atoms with Gasteiger partial charge >= 0.3 is 5.97 Å². The minimum absolute atomic E-state index is 0.0225. The lowest BCUT2D eigenvalue weighted by Gasteiger charge is -2.33. The molecule has 5 nitrogen and oxygen atoms in total. The van der Waals surface area contributed by atoms with Crippen LogP contribution >= 0.6 is 0 Å². The molecular formula is C21H34O5. The molecule has 2 aliphatic rings. The van der Waals surface area contributed by atoms with Gasteiger partial charge in [-0.15, -0.1) is 0 Å². The Bertz CT molecular complexity index is 473. The van der Waals surface area contributed by atoms with Gasteiger partial charge in [0, 0.05) is 12.8 Å². The second-order valence-corrected chi connectivity index (χ2v) is 7.46. The Morgan fingerprint density at radius 1 is 1.27 bits per heavy atom. The van der Waals surface area contributed by atoms with Gasteiger partial charge in [-0.2, -0.15) is 0 Å². The van der Waals surface area contributed by atoms with Gasteiger partial charge in [-0.1, -0.05) is 50.5 Å². The smallest absolute Gasteiger partial charge is 0.303 e. The number of unbranched alkanes of at least 4 members (excludes halogenated alkanes) is 3. The summed E-state index contributed by atoms with van der Waals surface area (Å²) in [5.41, 5.74) is 0. The molecule has 0 saturated carbocycles. The van der Waals surface area contributed by atoms with E-state index in [0.717, 1.165) is 51.6 Å². The molecule has 2 fully saturated rings. The highest BCUT2D eigenvalue weighted by molar-refractivity contribution is 5.66. The first-order chi connectivity index (χ1) is 12.6. The van der Waals surface area contributed by atoms with E-state index < -0.39 is 12.1 Å². The number of aliphatic carboxylic acids is 1. The fourth-order valence-electron chi connectivity index (χ4n) is 3.75. The number of carboxylic acids is 1. The van der Waals surface area contributed by atoms with Gasteiger partial charge < -0.3 is 19.7 Å². The van der Waals surface area contributed by atoms with E-state index in [0.29, 0.717) is 18.3 Å². The molecule has 148 valence electrons. The summed E-state index contributed by atoms with van der Waals surface area (Å²) in [6, 6.07) is 0. The van der Waals surface area contributed by atoms with Gasteiger partial charge in [-0.3, -0.25) is 4.79 Å². The fourth-order valence-corrected chi connectivity index (χ4v) is 3.75. The molecular weight excluding hydrogens is 332 g/mol. The Balaban J connectivity index is 1.82. The second kappa shape index (κ2) is 11.5. The standard InChI is InChI=1S/C21H34O5/c1-2-3-6-9-17(22)12-13-19-18(16-14-21(26-19)25-15-16)10-7-4-5-8-11-20(23)24/h4,7,12-13,16-19,21-22H,2-3,5-6,8-11,14-15H2,1H3,(H,23,24)/b7-4-,13-12+/t16-,17+,18+,19?,21+/m1/s1. The Labute approximate surface area is 157 Å². The van der Waals surface area contributed by atoms with Gasteiger partial charge in [-0.25, -0.2) is 0 Å². The summed E-state index contributed by atoms with van der Waals surface area (Å²) < 4.78 is 11.7. The average molecular weight is 366 g/mol. The molecule has 2 aliphatic heterocycles. The maximum absolute atomic E-state index is 10.5. The Kier molecular flexibility index (Phi) is 9.37. The van der Waals surface area contributed by atoms with Gasteiger partial charge in [0.2, 0.25) is 0 Å². The van der Waals surface area contributed by atoms with Crippen LogP contribution < -0.4 is 0 Å². The molecule has 0 aromatic heterocycles. The van der Waals surface area contributed by atoms with E-state index in [1.807, 2.05) is 12.2 Å². The van der Waals surface area contributed by atoms with Gasteiger partial charge in [0.1, 0.15) is 0 Å². The minimum atomic E-state index is -0.740. The van der Waals surface area contributed by atoms with E-state index in [9.17, 15) is 9.90 Å². The normalized spacial score (nSPS) is 29.6. The zero-order chi connectivity index (χ0) is 18.8. The van der Waals surface area contributed by atoms with Gasteiger partial charge in [-0.05, 0) is 37.5 Å². The number of allylic oxidation sites excluding steroid dienone is 2. The highest BCUT2D eigenvalue weighted by Gasteiger charge is 2.42. The third-order valence-corrected chi connectivity index (χ3v) is 5.29. The van der Waals surface area contributed by atoms with Crippen LogP contribution in [0.3, 0.4) is 0 Å². The van der Waals surface area contributed by atoms with Crippen LogP contribution in [-0.2, 0) is 14.3 Å². The summed E-state index contributed by atoms with van der Waals surface area (Å²) in [7, 11) is 0. The number of fused-ring (bicyclic) bond motifs is 2. The van der Waals surface area contributed by atoms with Crippen LogP contribution in [0.15, 0.2) is 24.3 Å². The van der Waals surface area contributed by atoms with Gasteiger partial charge in [0.15, 0.2) is 6.29 Å². The molecule has 2 heterocycles. The SMILES string of the molecule is CCCCC[C@H](O)/C=C/C1O[C@H]2C[C@H](CO2)[C@@H]1C/C=C\CCCC(=O)O. The van der Waals surface area contributed by atoms with E-state index in [-0.39, 0.29) is 18.8 Å². The van der Waals surface area contributed by atoms with Crippen molar-refractivity contribution in [3.8, 4) is 0 Å². The van der Waals surface area contributed by atoms with Gasteiger partial charge in [0.25, 0.3) is 0 Å². The first-order valence-corrected chi connectivity index (χ1v) is 10.1. The molecule has 0 aromatic rings. The molecule has 0 aliphatic carbocycles. The van der Waals surface area contributed by atoms with Crippen LogP contribution in [0.4, 0.5) is 0 Å². The fraction of sp³-hybridized carbons (Fsp3) is 0.762. The van der Waals surface area contributed by atoms with E-state index >= 15 is 0 Å². The van der Waals surface area contributed by atoms with Crippen molar-refractivity contribution in [3.63, 3.8) is 0 Å². The number of carbonyl (C=O) groups is 1. The molecule has 5 heteroatoms. The number of hydrogen-bond donors (Lipinski definition) is 2. The second-order valence-electron chi connectivity index (χ2n) is 7.46. The number of aliphatic hydroxyl groups is 1. The lowest BCUT2D eigenvalue weighted by Crippen LogP contribution is -2.35. The molecule has 2 saturated heterocycles. The van der Waals surface area contributed by atoms with Crippen LogP contribution in [0.2, 0.25) is 0 Å². The van der Waals surface area contributed by atoms with E-state index in [4.69, 9.17) is 14.6 Å². The first kappa shape index (κ1) is 21.1. The van der Waals surface area contributed by atoms with E-state index in [1.165, 1.54) is 0 Å². The predicted octanol–water partition coefficient (Wildman–Crippen LogP) is 4.06. The van der Waals surface area contributed by atoms with Crippen LogP contribution in [0.5, 0.6) is 0 Å². The van der Waals surface area contributed by atoms with Crippen molar-refractivity contribution in [1.29, 1.82) is 0 Å². The summed E-state index contributed by atoms with van der Waals surface area (Å²) in [6.07, 6.45) is 15.3. The Morgan fingerprint density at radius 3 is 2.88 bits per heavy atom. The number of ether oxygens (including phenoxy) is 2. The van der Waals surface area contributed by atoms with Crippen molar-refractivity contribution in [3.05, 3.63) is 24.3 Å². The minimum Gasteiger partial charge on any atom is -0.481 e. The van der Waals surface area contributed by atoms with Crippen molar-refractivity contribution in [2.45, 2.75) is 83.2 Å². The zero-order valence-corrected chi connectivity index (χ0v) is 15.9. The maximum Gasteiger partial charge on any atom is 0.303 e. The molecule has 2 bridgehead atoms. The Morgan fingerprint density at radius 2 is 2.12 bits per heavy atom. The molecule has 0 spiro atoms. The molecule has 1 unspecified atom stereocenters. The van der Waals surface area contributed by atoms with Crippen molar-refractivity contribution in [1.82, 2.24) is 0 Å². The first-order valence-electron chi connectivity index (χ1n) is 10.1. The van der Waals surface area contributed by atoms with Crippen LogP contribution in [-0.4, -0.2) is 41.3 Å². The predicted molar refractivity (Wildman–Crippen MR) is 101 cm³/mol. The van der Waals surface area contributed by atoms with Crippen LogP contribution in [0.1, 0.15) is 64.7 Å². The Hall–Kier alpha value is -1.17. The molecule has 2 rings (SSSR count). The number of rotatable bonds is 12. The number of aliphatic hydroxyl groups excluding tert-OH is 1. The van der Waals surface area contributed by atoms with Crippen molar-refractivity contribution < 1.29 is 24.5 Å². The molecule has 0 aromatic carbocycles. The molecule has 5 atom stereocenters. The summed E-state index contributed by atoms with van der Waals surface area (Å²) in [5.74, 6) is 0.101. The molecule has 26 heavy (non-hydrogen) atoms. The highest BCUT2D eigenvalue weighted by atomic mass is 16.7. The lowest BCUT2D eigenvalue weighted by molar-refractivity contribution is -0.147. The molecule has 0 radical (unpaired) electrons. The monoisotopic (exact) mass is 366 g/mol. The van der Waals surface area contributed by atoms with E-state index in [2.05, 4.69) is 19.1 Å².